The molecule has 27 heavy (non-hydrogen) atoms. The number of aryl methyl sites for hydroxylation is 1. The molecule has 4 nitrogen and oxygen atoms in total. The van der Waals surface area contributed by atoms with Crippen molar-refractivity contribution in [1.29, 1.82) is 0 Å². The molecule has 1 saturated heterocycles. The number of piperazine rings is 1. The summed E-state index contributed by atoms with van der Waals surface area (Å²) in [6.07, 6.45) is 1.31. The van der Waals surface area contributed by atoms with Crippen LogP contribution in [0.25, 0.3) is 0 Å². The first kappa shape index (κ1) is 18.0. The number of carbonyl (C=O) groups is 2. The Morgan fingerprint density at radius 2 is 2.04 bits per heavy atom. The van der Waals surface area contributed by atoms with Crippen molar-refractivity contribution in [1.82, 2.24) is 9.80 Å². The van der Waals surface area contributed by atoms with Crippen molar-refractivity contribution in [3.63, 3.8) is 0 Å². The highest BCUT2D eigenvalue weighted by Crippen LogP contribution is 2.34. The molecule has 2 amide bonds. The molecule has 0 aromatic heterocycles. The van der Waals surface area contributed by atoms with Gasteiger partial charge in [0.05, 0.1) is 12.6 Å². The molecule has 0 bridgehead atoms. The summed E-state index contributed by atoms with van der Waals surface area (Å²) in [4.78, 5) is 28.7. The van der Waals surface area contributed by atoms with E-state index < -0.39 is 0 Å². The van der Waals surface area contributed by atoms with Crippen LogP contribution >= 0.6 is 11.6 Å². The van der Waals surface area contributed by atoms with Gasteiger partial charge in [0.15, 0.2) is 0 Å². The minimum absolute atomic E-state index is 0.0453. The fraction of sp³-hybridized carbons (Fsp3) is 0.333. The fourth-order valence-electron chi connectivity index (χ4n) is 3.98. The molecule has 140 valence electrons. The third-order valence-electron chi connectivity index (χ3n) is 5.42. The molecule has 0 N–H and O–H groups in total. The van der Waals surface area contributed by atoms with Gasteiger partial charge in [0.1, 0.15) is 5.82 Å². The second-order valence-corrected chi connectivity index (χ2v) is 7.50. The first-order chi connectivity index (χ1) is 13.0. The summed E-state index contributed by atoms with van der Waals surface area (Å²) in [6.45, 7) is 1.20. The van der Waals surface area contributed by atoms with E-state index in [1.54, 1.807) is 23.1 Å². The van der Waals surface area contributed by atoms with Crippen molar-refractivity contribution in [2.24, 2.45) is 0 Å². The third-order valence-corrected chi connectivity index (χ3v) is 5.66. The van der Waals surface area contributed by atoms with Crippen molar-refractivity contribution in [3.8, 4) is 0 Å². The van der Waals surface area contributed by atoms with E-state index in [1.807, 2.05) is 23.1 Å². The summed E-state index contributed by atoms with van der Waals surface area (Å²) in [6, 6.07) is 12.1. The van der Waals surface area contributed by atoms with Gasteiger partial charge in [-0.05, 0) is 47.7 Å². The van der Waals surface area contributed by atoms with Crippen LogP contribution in [0.5, 0.6) is 0 Å². The van der Waals surface area contributed by atoms with Crippen molar-refractivity contribution in [2.45, 2.75) is 25.3 Å². The molecule has 2 aliphatic rings. The van der Waals surface area contributed by atoms with Crippen LogP contribution in [0, 0.1) is 5.82 Å². The van der Waals surface area contributed by atoms with Gasteiger partial charge in [0.25, 0.3) is 0 Å². The summed E-state index contributed by atoms with van der Waals surface area (Å²) in [5, 5.41) is 0.631. The number of nitrogens with zero attached hydrogens (tertiary/aromatic N) is 2. The van der Waals surface area contributed by atoms with Crippen molar-refractivity contribution >= 4 is 23.4 Å². The number of hydrogen-bond donors (Lipinski definition) is 0. The zero-order valence-electron chi connectivity index (χ0n) is 14.8. The Morgan fingerprint density at radius 1 is 1.22 bits per heavy atom. The second kappa shape index (κ2) is 7.31. The molecule has 1 atom stereocenters. The number of halogens is 2. The number of fused-ring (bicyclic) bond motifs is 3. The summed E-state index contributed by atoms with van der Waals surface area (Å²) >= 11 is 6.16. The zero-order chi connectivity index (χ0) is 19.0. The smallest absolute Gasteiger partial charge is 0.242 e. The predicted octanol–water partition coefficient (Wildman–Crippen LogP) is 3.38. The Kier molecular flexibility index (Phi) is 4.87. The number of rotatable bonds is 3. The zero-order valence-corrected chi connectivity index (χ0v) is 15.6. The van der Waals surface area contributed by atoms with E-state index in [4.69, 9.17) is 11.6 Å². The molecule has 2 aromatic rings. The van der Waals surface area contributed by atoms with Gasteiger partial charge in [-0.3, -0.25) is 9.59 Å². The van der Waals surface area contributed by atoms with E-state index in [1.165, 1.54) is 11.6 Å². The molecule has 0 saturated carbocycles. The van der Waals surface area contributed by atoms with Gasteiger partial charge < -0.3 is 9.80 Å². The summed E-state index contributed by atoms with van der Waals surface area (Å²) in [5.41, 5.74) is 2.72. The minimum Gasteiger partial charge on any atom is -0.332 e. The maximum atomic E-state index is 13.8. The van der Waals surface area contributed by atoms with Gasteiger partial charge in [-0.2, -0.15) is 0 Å². The van der Waals surface area contributed by atoms with Crippen molar-refractivity contribution in [3.05, 3.63) is 70.0 Å². The molecular weight excluding hydrogens is 367 g/mol. The third kappa shape index (κ3) is 3.56. The average Bonchev–Trinajstić information content (AvgIpc) is 2.67. The van der Waals surface area contributed by atoms with Crippen LogP contribution in [0.2, 0.25) is 5.02 Å². The maximum Gasteiger partial charge on any atom is 0.242 e. The van der Waals surface area contributed by atoms with E-state index in [-0.39, 0.29) is 36.6 Å². The summed E-state index contributed by atoms with van der Waals surface area (Å²) < 4.78 is 13.8. The lowest BCUT2D eigenvalue weighted by Crippen LogP contribution is -2.55. The lowest BCUT2D eigenvalue weighted by atomic mass is 9.90. The van der Waals surface area contributed by atoms with Crippen LogP contribution in [0.15, 0.2) is 42.5 Å². The summed E-state index contributed by atoms with van der Waals surface area (Å²) in [5.74, 6) is -0.474. The molecule has 0 radical (unpaired) electrons. The molecule has 0 spiro atoms. The van der Waals surface area contributed by atoms with Gasteiger partial charge in [0.2, 0.25) is 11.8 Å². The lowest BCUT2D eigenvalue weighted by molar-refractivity contribution is -0.149. The van der Waals surface area contributed by atoms with Crippen LogP contribution in [0.3, 0.4) is 0 Å². The highest BCUT2D eigenvalue weighted by molar-refractivity contribution is 6.30. The molecule has 6 heteroatoms. The average molecular weight is 387 g/mol. The van der Waals surface area contributed by atoms with E-state index in [9.17, 15) is 14.0 Å². The number of benzene rings is 2. The highest BCUT2D eigenvalue weighted by Gasteiger charge is 2.38. The normalized spacial score (nSPS) is 18.9. The van der Waals surface area contributed by atoms with E-state index >= 15 is 0 Å². The largest absolute Gasteiger partial charge is 0.332 e. The Bertz CT molecular complexity index is 902. The highest BCUT2D eigenvalue weighted by atomic mass is 35.5. The first-order valence-electron chi connectivity index (χ1n) is 9.12. The lowest BCUT2D eigenvalue weighted by Gasteiger charge is -2.44. The van der Waals surface area contributed by atoms with Gasteiger partial charge >= 0.3 is 0 Å². The van der Waals surface area contributed by atoms with Gasteiger partial charge in [-0.1, -0.05) is 35.9 Å². The van der Waals surface area contributed by atoms with Gasteiger partial charge in [-0.25, -0.2) is 4.39 Å². The number of hydrogen-bond acceptors (Lipinski definition) is 2. The minimum atomic E-state index is -0.304. The van der Waals surface area contributed by atoms with E-state index in [0.29, 0.717) is 30.1 Å². The standard InChI is InChI=1S/C21H20ClFN2O2/c22-16-7-5-14-9-10-25-19(17(14)11-16)12-24(13-21(25)27)20(26)8-6-15-3-1-2-4-18(15)23/h1-5,7,11,19H,6,8-10,12-13H2. The second-order valence-electron chi connectivity index (χ2n) is 7.06. The molecule has 2 aromatic carbocycles. The molecule has 2 heterocycles. The number of amides is 2. The monoisotopic (exact) mass is 386 g/mol. The van der Waals surface area contributed by atoms with Crippen LogP contribution in [0.1, 0.15) is 29.2 Å². The molecular formula is C21H20ClFN2O2. The Morgan fingerprint density at radius 3 is 2.85 bits per heavy atom. The predicted molar refractivity (Wildman–Crippen MR) is 101 cm³/mol. The van der Waals surface area contributed by atoms with Gasteiger partial charge in [-0.15, -0.1) is 0 Å². The SMILES string of the molecule is O=C(CCc1ccccc1F)N1CC(=O)N2CCc3ccc(Cl)cc3C2C1. The van der Waals surface area contributed by atoms with E-state index in [0.717, 1.165) is 12.0 Å². The van der Waals surface area contributed by atoms with E-state index in [2.05, 4.69) is 0 Å². The fourth-order valence-corrected chi connectivity index (χ4v) is 4.16. The molecule has 4 rings (SSSR count). The molecule has 1 fully saturated rings. The van der Waals surface area contributed by atoms with Crippen LogP contribution in [-0.4, -0.2) is 41.2 Å². The Hall–Kier alpha value is -2.40. The van der Waals surface area contributed by atoms with Crippen molar-refractivity contribution in [2.75, 3.05) is 19.6 Å². The van der Waals surface area contributed by atoms with Crippen LogP contribution < -0.4 is 0 Å². The summed E-state index contributed by atoms with van der Waals surface area (Å²) in [7, 11) is 0. The van der Waals surface area contributed by atoms with Crippen LogP contribution in [-0.2, 0) is 22.4 Å². The van der Waals surface area contributed by atoms with Gasteiger partial charge in [0, 0.05) is 24.5 Å². The maximum absolute atomic E-state index is 13.8. The van der Waals surface area contributed by atoms with Crippen LogP contribution in [0.4, 0.5) is 4.39 Å². The Balaban J connectivity index is 1.50. The van der Waals surface area contributed by atoms with Crippen molar-refractivity contribution < 1.29 is 14.0 Å². The quantitative estimate of drug-likeness (QED) is 0.811. The first-order valence-corrected chi connectivity index (χ1v) is 9.49. The Labute approximate surface area is 162 Å². The molecule has 0 aliphatic carbocycles. The topological polar surface area (TPSA) is 40.6 Å². The molecule has 2 aliphatic heterocycles. The molecule has 1 unspecified atom stereocenters. The number of carbonyl (C=O) groups excluding carboxylic acids is 2.